The maximum Gasteiger partial charge on any atom is 0.243 e. The molecule has 4 nitrogen and oxygen atoms in total. The summed E-state index contributed by atoms with van der Waals surface area (Å²) in [6.45, 7) is 3.34. The van der Waals surface area contributed by atoms with Crippen LogP contribution >= 0.6 is 0 Å². The first kappa shape index (κ1) is 15.3. The number of nitrogens with zero attached hydrogens (tertiary/aromatic N) is 1. The summed E-state index contributed by atoms with van der Waals surface area (Å²) in [5.74, 6) is -2.30. The molecule has 1 aliphatic heterocycles. The molecule has 1 aromatic carbocycles. The molecule has 1 aliphatic rings. The largest absolute Gasteiger partial charge is 0.389 e. The molecule has 1 unspecified atom stereocenters. The molecule has 1 heterocycles. The monoisotopic (exact) mass is 305 g/mol. The van der Waals surface area contributed by atoms with Crippen molar-refractivity contribution in [2.24, 2.45) is 0 Å². The van der Waals surface area contributed by atoms with Crippen molar-refractivity contribution in [1.29, 1.82) is 0 Å². The van der Waals surface area contributed by atoms with Gasteiger partial charge >= 0.3 is 0 Å². The standard InChI is InChI=1S/C13H17F2NO3S/c1-13(2,17)12-4-3-7-16(12)20(18,19)9-5-6-10(14)11(15)8-9/h5-6,8,12,17H,3-4,7H2,1-2H3. The van der Waals surface area contributed by atoms with Gasteiger partial charge in [0.25, 0.3) is 0 Å². The lowest BCUT2D eigenvalue weighted by Crippen LogP contribution is -2.48. The van der Waals surface area contributed by atoms with Gasteiger partial charge in [-0.2, -0.15) is 4.31 Å². The Labute approximate surface area is 117 Å². The normalized spacial score (nSPS) is 21.4. The minimum absolute atomic E-state index is 0.260. The van der Waals surface area contributed by atoms with E-state index in [9.17, 15) is 22.3 Å². The summed E-state index contributed by atoms with van der Waals surface area (Å²) < 4.78 is 52.3. The van der Waals surface area contributed by atoms with E-state index in [2.05, 4.69) is 0 Å². The Morgan fingerprint density at radius 3 is 2.50 bits per heavy atom. The Balaban J connectivity index is 2.41. The van der Waals surface area contributed by atoms with E-state index in [1.54, 1.807) is 0 Å². The van der Waals surface area contributed by atoms with Crippen LogP contribution in [-0.2, 0) is 10.0 Å². The zero-order valence-electron chi connectivity index (χ0n) is 11.3. The van der Waals surface area contributed by atoms with Gasteiger partial charge in [0.1, 0.15) is 0 Å². The van der Waals surface area contributed by atoms with Crippen molar-refractivity contribution in [2.75, 3.05) is 6.54 Å². The van der Waals surface area contributed by atoms with Gasteiger partial charge in [-0.05, 0) is 44.9 Å². The average Bonchev–Trinajstić information content (AvgIpc) is 2.82. The third kappa shape index (κ3) is 2.70. The first-order chi connectivity index (χ1) is 9.14. The lowest BCUT2D eigenvalue weighted by Gasteiger charge is -2.33. The second-order valence-electron chi connectivity index (χ2n) is 5.50. The summed E-state index contributed by atoms with van der Waals surface area (Å²) in [4.78, 5) is -0.299. The van der Waals surface area contributed by atoms with Gasteiger partial charge in [0, 0.05) is 6.54 Å². The van der Waals surface area contributed by atoms with Crippen LogP contribution in [0.2, 0.25) is 0 Å². The van der Waals surface area contributed by atoms with Gasteiger partial charge in [0.15, 0.2) is 11.6 Å². The molecular weight excluding hydrogens is 288 g/mol. The summed E-state index contributed by atoms with van der Waals surface area (Å²) in [5.41, 5.74) is -1.19. The van der Waals surface area contributed by atoms with Crippen molar-refractivity contribution in [3.8, 4) is 0 Å². The van der Waals surface area contributed by atoms with Gasteiger partial charge < -0.3 is 5.11 Å². The second kappa shape index (κ2) is 5.05. The van der Waals surface area contributed by atoms with E-state index >= 15 is 0 Å². The van der Waals surface area contributed by atoms with Gasteiger partial charge in [0.05, 0.1) is 16.5 Å². The summed E-state index contributed by atoms with van der Waals surface area (Å²) in [7, 11) is -3.94. The highest BCUT2D eigenvalue weighted by Crippen LogP contribution is 2.32. The number of hydrogen-bond acceptors (Lipinski definition) is 3. The molecule has 1 aromatic rings. The topological polar surface area (TPSA) is 57.6 Å². The molecular formula is C13H17F2NO3S. The van der Waals surface area contributed by atoms with Crippen molar-refractivity contribution < 1.29 is 22.3 Å². The quantitative estimate of drug-likeness (QED) is 0.928. The zero-order valence-corrected chi connectivity index (χ0v) is 12.1. The molecule has 0 aliphatic carbocycles. The molecule has 1 fully saturated rings. The Kier molecular flexibility index (Phi) is 3.88. The summed E-state index contributed by atoms with van der Waals surface area (Å²) >= 11 is 0. The highest BCUT2D eigenvalue weighted by Gasteiger charge is 2.42. The molecule has 0 radical (unpaired) electrons. The van der Waals surface area contributed by atoms with Crippen LogP contribution in [0, 0.1) is 11.6 Å². The molecule has 112 valence electrons. The fourth-order valence-corrected chi connectivity index (χ4v) is 4.34. The Hall–Kier alpha value is -1.05. The van der Waals surface area contributed by atoms with Gasteiger partial charge in [-0.3, -0.25) is 0 Å². The molecule has 2 rings (SSSR count). The molecule has 0 aromatic heterocycles. The second-order valence-corrected chi connectivity index (χ2v) is 7.39. The van der Waals surface area contributed by atoms with Crippen LogP contribution in [0.5, 0.6) is 0 Å². The maximum absolute atomic E-state index is 13.2. The molecule has 0 bridgehead atoms. The number of aliphatic hydroxyl groups is 1. The van der Waals surface area contributed by atoms with E-state index < -0.39 is 33.3 Å². The molecule has 1 saturated heterocycles. The van der Waals surface area contributed by atoms with Gasteiger partial charge in [-0.25, -0.2) is 17.2 Å². The van der Waals surface area contributed by atoms with Crippen molar-refractivity contribution in [1.82, 2.24) is 4.31 Å². The van der Waals surface area contributed by atoms with Gasteiger partial charge in [-0.15, -0.1) is 0 Å². The minimum atomic E-state index is -3.94. The molecule has 0 amide bonds. The van der Waals surface area contributed by atoms with Crippen LogP contribution in [-0.4, -0.2) is 36.0 Å². The maximum atomic E-state index is 13.2. The van der Waals surface area contributed by atoms with Crippen LogP contribution < -0.4 is 0 Å². The summed E-state index contributed by atoms with van der Waals surface area (Å²) in [5, 5.41) is 10.1. The number of sulfonamides is 1. The minimum Gasteiger partial charge on any atom is -0.389 e. The number of rotatable bonds is 3. The first-order valence-electron chi connectivity index (χ1n) is 6.33. The predicted molar refractivity (Wildman–Crippen MR) is 69.6 cm³/mol. The van der Waals surface area contributed by atoms with Gasteiger partial charge in [0.2, 0.25) is 10.0 Å². The highest BCUT2D eigenvalue weighted by atomic mass is 32.2. The molecule has 1 N–H and O–H groups in total. The van der Waals surface area contributed by atoms with Crippen molar-refractivity contribution in [2.45, 2.75) is 43.2 Å². The number of benzene rings is 1. The first-order valence-corrected chi connectivity index (χ1v) is 7.77. The van der Waals surface area contributed by atoms with Crippen LogP contribution in [0.3, 0.4) is 0 Å². The predicted octanol–water partition coefficient (Wildman–Crippen LogP) is 1.89. The molecule has 7 heteroatoms. The average molecular weight is 305 g/mol. The highest BCUT2D eigenvalue weighted by molar-refractivity contribution is 7.89. The number of hydrogen-bond donors (Lipinski definition) is 1. The van der Waals surface area contributed by atoms with E-state index in [1.807, 2.05) is 0 Å². The molecule has 1 atom stereocenters. The van der Waals surface area contributed by atoms with Crippen molar-refractivity contribution in [3.05, 3.63) is 29.8 Å². The van der Waals surface area contributed by atoms with Crippen molar-refractivity contribution in [3.63, 3.8) is 0 Å². The van der Waals surface area contributed by atoms with Crippen molar-refractivity contribution >= 4 is 10.0 Å². The lowest BCUT2D eigenvalue weighted by molar-refractivity contribution is 0.0215. The van der Waals surface area contributed by atoms with Gasteiger partial charge in [-0.1, -0.05) is 0 Å². The van der Waals surface area contributed by atoms with Crippen LogP contribution in [0.25, 0.3) is 0 Å². The van der Waals surface area contributed by atoms with E-state index in [1.165, 1.54) is 18.2 Å². The third-order valence-corrected chi connectivity index (χ3v) is 5.42. The fourth-order valence-electron chi connectivity index (χ4n) is 2.51. The van der Waals surface area contributed by atoms with E-state index in [0.29, 0.717) is 18.9 Å². The molecule has 0 spiro atoms. The zero-order chi connectivity index (χ0) is 15.1. The smallest absolute Gasteiger partial charge is 0.243 e. The molecule has 20 heavy (non-hydrogen) atoms. The van der Waals surface area contributed by atoms with Crippen LogP contribution in [0.15, 0.2) is 23.1 Å². The SMILES string of the molecule is CC(C)(O)C1CCCN1S(=O)(=O)c1ccc(F)c(F)c1. The van der Waals surface area contributed by atoms with E-state index in [4.69, 9.17) is 0 Å². The summed E-state index contributed by atoms with van der Waals surface area (Å²) in [6.07, 6.45) is 1.16. The lowest BCUT2D eigenvalue weighted by atomic mass is 9.98. The molecule has 0 saturated carbocycles. The number of halogens is 2. The van der Waals surface area contributed by atoms with E-state index in [-0.39, 0.29) is 11.4 Å². The van der Waals surface area contributed by atoms with Crippen LogP contribution in [0.1, 0.15) is 26.7 Å². The fraction of sp³-hybridized carbons (Fsp3) is 0.538. The summed E-state index contributed by atoms with van der Waals surface area (Å²) in [6, 6.07) is 1.93. The van der Waals surface area contributed by atoms with Crippen LogP contribution in [0.4, 0.5) is 8.78 Å². The Morgan fingerprint density at radius 2 is 1.95 bits per heavy atom. The Bertz CT molecular complexity index is 611. The van der Waals surface area contributed by atoms with E-state index in [0.717, 1.165) is 12.1 Å². The third-order valence-electron chi connectivity index (χ3n) is 3.52. The Morgan fingerprint density at radius 1 is 1.30 bits per heavy atom.